The second kappa shape index (κ2) is 13.8. The number of nitriles is 1. The number of aromatic nitrogens is 2. The van der Waals surface area contributed by atoms with Crippen molar-refractivity contribution in [3.05, 3.63) is 68.5 Å². The molecule has 2 aliphatic rings. The Hall–Kier alpha value is -3.28. The second-order valence-electron chi connectivity index (χ2n) is 10.1. The first-order chi connectivity index (χ1) is 20.1. The maximum atomic E-state index is 12.9. The summed E-state index contributed by atoms with van der Waals surface area (Å²) in [5.41, 5.74) is -0.878. The van der Waals surface area contributed by atoms with Gasteiger partial charge in [-0.3, -0.25) is 28.8 Å². The van der Waals surface area contributed by atoms with Crippen LogP contribution in [0, 0.1) is 11.3 Å². The summed E-state index contributed by atoms with van der Waals surface area (Å²) in [7, 11) is -0.368. The lowest BCUT2D eigenvalue weighted by Crippen LogP contribution is -2.43. The number of benzene rings is 1. The predicted octanol–water partition coefficient (Wildman–Crippen LogP) is 2.34. The van der Waals surface area contributed by atoms with Crippen molar-refractivity contribution in [2.24, 2.45) is 0 Å². The molecule has 0 saturated carbocycles. The van der Waals surface area contributed by atoms with Gasteiger partial charge in [-0.15, -0.1) is 5.06 Å². The van der Waals surface area contributed by atoms with E-state index in [4.69, 9.17) is 28.6 Å². The fraction of sp³-hybridized carbons (Fsp3) is 0.519. The Kier molecular flexibility index (Phi) is 10.4. The first-order valence-corrected chi connectivity index (χ1v) is 14.6. The van der Waals surface area contributed by atoms with Gasteiger partial charge in [0.25, 0.3) is 25.9 Å². The highest BCUT2D eigenvalue weighted by atomic mass is 31.2. The molecule has 2 aliphatic heterocycles. The van der Waals surface area contributed by atoms with Gasteiger partial charge in [0.05, 0.1) is 30.2 Å². The van der Waals surface area contributed by atoms with Crippen molar-refractivity contribution < 1.29 is 32.9 Å². The molecule has 0 aliphatic carbocycles. The molecule has 2 amide bonds. The highest BCUT2D eigenvalue weighted by Gasteiger charge is 2.50. The van der Waals surface area contributed by atoms with Crippen molar-refractivity contribution in [2.45, 2.75) is 70.7 Å². The summed E-state index contributed by atoms with van der Waals surface area (Å²) >= 11 is 0. The van der Waals surface area contributed by atoms with Crippen LogP contribution < -0.4 is 11.2 Å². The van der Waals surface area contributed by atoms with Crippen molar-refractivity contribution in [1.82, 2.24) is 19.3 Å². The first kappa shape index (κ1) is 31.7. The number of hydrogen-bond donors (Lipinski definition) is 1. The quantitative estimate of drug-likeness (QED) is 0.203. The number of rotatable bonds is 13. The monoisotopic (exact) mass is 603 g/mol. The molecular weight excluding hydrogens is 569 g/mol. The lowest BCUT2D eigenvalue weighted by molar-refractivity contribution is -0.140. The van der Waals surface area contributed by atoms with Crippen molar-refractivity contribution in [2.75, 3.05) is 20.3 Å². The third-order valence-corrected chi connectivity index (χ3v) is 8.81. The Morgan fingerprint density at radius 2 is 1.69 bits per heavy atom. The third kappa shape index (κ3) is 6.53. The number of hydrogen-bond acceptors (Lipinski definition) is 11. The molecular formula is C27H34N5O9P. The minimum atomic E-state index is -1.79. The summed E-state index contributed by atoms with van der Waals surface area (Å²) in [5, 5.41) is 9.75. The molecule has 226 valence electrons. The van der Waals surface area contributed by atoms with Crippen LogP contribution in [0.5, 0.6) is 0 Å². The van der Waals surface area contributed by atoms with E-state index in [2.05, 4.69) is 11.1 Å². The van der Waals surface area contributed by atoms with Gasteiger partial charge in [0, 0.05) is 31.5 Å². The largest absolute Gasteiger partial charge is 0.374 e. The number of carbonyl (C=O) groups is 2. The Morgan fingerprint density at radius 1 is 1.05 bits per heavy atom. The molecule has 1 fully saturated rings. The molecule has 3 heterocycles. The van der Waals surface area contributed by atoms with E-state index in [1.54, 1.807) is 12.1 Å². The average molecular weight is 604 g/mol. The van der Waals surface area contributed by atoms with Crippen LogP contribution >= 0.6 is 8.53 Å². The van der Waals surface area contributed by atoms with Gasteiger partial charge in [-0.1, -0.05) is 12.1 Å². The van der Waals surface area contributed by atoms with Gasteiger partial charge in [-0.05, 0) is 39.8 Å². The Morgan fingerprint density at radius 3 is 2.24 bits per heavy atom. The molecule has 1 aromatic carbocycles. The zero-order valence-corrected chi connectivity index (χ0v) is 24.9. The predicted molar refractivity (Wildman–Crippen MR) is 149 cm³/mol. The van der Waals surface area contributed by atoms with Crippen LogP contribution in [0.15, 0.2) is 46.1 Å². The molecule has 1 aromatic heterocycles. The molecule has 4 rings (SSSR count). The van der Waals surface area contributed by atoms with Gasteiger partial charge in [-0.2, -0.15) is 5.26 Å². The third-order valence-electron chi connectivity index (χ3n) is 6.68. The number of hydroxylamine groups is 2. The van der Waals surface area contributed by atoms with E-state index >= 15 is 0 Å². The summed E-state index contributed by atoms with van der Waals surface area (Å²) < 4.78 is 27.8. The van der Waals surface area contributed by atoms with E-state index in [1.165, 1.54) is 31.5 Å². The minimum absolute atomic E-state index is 0.00725. The maximum absolute atomic E-state index is 12.9. The van der Waals surface area contributed by atoms with E-state index < -0.39 is 56.1 Å². The Balaban J connectivity index is 1.66. The average Bonchev–Trinajstić information content (AvgIpc) is 3.40. The number of carbonyl (C=O) groups excluding carboxylic acids is 2. The van der Waals surface area contributed by atoms with Gasteiger partial charge in [0.1, 0.15) is 24.9 Å². The summed E-state index contributed by atoms with van der Waals surface area (Å²) in [6.07, 6.45) is -2.44. The fourth-order valence-electron chi connectivity index (χ4n) is 4.90. The molecule has 0 spiro atoms. The van der Waals surface area contributed by atoms with Crippen LogP contribution in [0.1, 0.15) is 61.1 Å². The van der Waals surface area contributed by atoms with Crippen LogP contribution in [0.3, 0.4) is 0 Å². The summed E-state index contributed by atoms with van der Waals surface area (Å²) in [5.74, 6) is -1.23. The van der Waals surface area contributed by atoms with Gasteiger partial charge in [0.2, 0.25) is 0 Å². The van der Waals surface area contributed by atoms with Crippen LogP contribution in [-0.2, 0) is 23.4 Å². The zero-order chi connectivity index (χ0) is 30.6. The Labute approximate surface area is 243 Å². The number of aromatic amines is 1. The SMILES string of the molecule is COC1[C@@H](OP(OCCC#N)N(C(C)C)C(C)C)[C@@H](CON2C(=O)c3ccccc3C2=O)O[C@H]1n1ccc(=O)[nH]c1=O. The second-order valence-corrected chi connectivity index (χ2v) is 11.6. The van der Waals surface area contributed by atoms with E-state index in [0.717, 1.165) is 4.57 Å². The number of imide groups is 1. The van der Waals surface area contributed by atoms with E-state index in [1.807, 2.05) is 32.4 Å². The van der Waals surface area contributed by atoms with Crippen LogP contribution in [0.25, 0.3) is 0 Å². The molecule has 1 N–H and O–H groups in total. The van der Waals surface area contributed by atoms with Crippen molar-refractivity contribution in [3.63, 3.8) is 0 Å². The number of nitrogens with zero attached hydrogens (tertiary/aromatic N) is 4. The fourth-order valence-corrected chi connectivity index (χ4v) is 6.67. The van der Waals surface area contributed by atoms with E-state index in [0.29, 0.717) is 5.06 Å². The molecule has 5 atom stereocenters. The van der Waals surface area contributed by atoms with Gasteiger partial charge in [-0.25, -0.2) is 9.46 Å². The summed E-state index contributed by atoms with van der Waals surface area (Å²) in [6.45, 7) is 7.72. The van der Waals surface area contributed by atoms with Gasteiger partial charge >= 0.3 is 5.69 Å². The molecule has 0 radical (unpaired) electrons. The van der Waals surface area contributed by atoms with E-state index in [9.17, 15) is 19.2 Å². The summed E-state index contributed by atoms with van der Waals surface area (Å²) in [6, 6.07) is 9.59. The molecule has 42 heavy (non-hydrogen) atoms. The molecule has 1 saturated heterocycles. The summed E-state index contributed by atoms with van der Waals surface area (Å²) in [4.78, 5) is 58.1. The highest BCUT2D eigenvalue weighted by Crippen LogP contribution is 2.50. The molecule has 2 aromatic rings. The van der Waals surface area contributed by atoms with Crippen LogP contribution in [0.4, 0.5) is 0 Å². The van der Waals surface area contributed by atoms with Crippen molar-refractivity contribution in [3.8, 4) is 6.07 Å². The first-order valence-electron chi connectivity index (χ1n) is 13.4. The topological polar surface area (TPSA) is 165 Å². The van der Waals surface area contributed by atoms with Crippen molar-refractivity contribution in [1.29, 1.82) is 5.26 Å². The lowest BCUT2D eigenvalue weighted by Gasteiger charge is -2.38. The highest BCUT2D eigenvalue weighted by molar-refractivity contribution is 7.44. The van der Waals surface area contributed by atoms with Gasteiger partial charge in [0.15, 0.2) is 6.23 Å². The number of methoxy groups -OCH3 is 1. The number of amides is 2. The lowest BCUT2D eigenvalue weighted by atomic mass is 10.1. The molecule has 15 heteroatoms. The molecule has 0 bridgehead atoms. The number of ether oxygens (including phenoxy) is 2. The normalized spacial score (nSPS) is 22.8. The van der Waals surface area contributed by atoms with Crippen LogP contribution in [0.2, 0.25) is 0 Å². The smallest absolute Gasteiger partial charge is 0.330 e. The molecule has 14 nitrogen and oxygen atoms in total. The standard InChI is InChI=1S/C27H34N5O9P/c1-16(2)32(17(3)4)42(39-14-8-12-28)41-22-20(15-38-31-24(34)18-9-6-7-10-19(18)25(31)35)40-26(23(22)37-5)30-13-11-21(33)29-27(30)36/h6-7,9-11,13,16-17,20,22-23,26H,8,14-15H2,1-5H3,(H,29,33,36)/t20-,22+,23?,26-,42?/m1/s1. The van der Waals surface area contributed by atoms with Crippen molar-refractivity contribution >= 4 is 20.3 Å². The van der Waals surface area contributed by atoms with E-state index in [-0.39, 0.29) is 42.8 Å². The number of fused-ring (bicyclic) bond motifs is 1. The minimum Gasteiger partial charge on any atom is -0.374 e. The van der Waals surface area contributed by atoms with Gasteiger partial charge < -0.3 is 18.5 Å². The maximum Gasteiger partial charge on any atom is 0.330 e. The molecule has 2 unspecified atom stereocenters. The Bertz CT molecular complexity index is 1390. The number of nitrogens with one attached hydrogen (secondary N) is 1. The number of H-pyrrole nitrogens is 1. The van der Waals surface area contributed by atoms with Crippen LogP contribution in [-0.4, -0.2) is 81.8 Å². The zero-order valence-electron chi connectivity index (χ0n) is 24.0.